The molecule has 0 aliphatic heterocycles. The Kier molecular flexibility index (Phi) is 5.48. The SMILES string of the molecule is CCc1ccccc1-c1cc(-c2ccc(NC)c(-c3ccccc3)c2)ccc1C. The lowest BCUT2D eigenvalue weighted by Gasteiger charge is -2.15. The monoisotopic (exact) mass is 377 g/mol. The molecule has 0 aliphatic rings. The fraction of sp³-hybridized carbons (Fsp3) is 0.143. The van der Waals surface area contributed by atoms with Crippen molar-refractivity contribution in [2.45, 2.75) is 20.3 Å². The molecule has 0 spiro atoms. The quantitative estimate of drug-likeness (QED) is 0.377. The van der Waals surface area contributed by atoms with Gasteiger partial charge < -0.3 is 5.32 Å². The highest BCUT2D eigenvalue weighted by atomic mass is 14.8. The van der Waals surface area contributed by atoms with Gasteiger partial charge in [0, 0.05) is 18.3 Å². The Balaban J connectivity index is 1.84. The molecule has 0 radical (unpaired) electrons. The van der Waals surface area contributed by atoms with Gasteiger partial charge in [-0.05, 0) is 70.5 Å². The summed E-state index contributed by atoms with van der Waals surface area (Å²) in [5.41, 5.74) is 11.4. The summed E-state index contributed by atoms with van der Waals surface area (Å²) in [6.07, 6.45) is 1.04. The molecule has 1 N–H and O–H groups in total. The fourth-order valence-corrected chi connectivity index (χ4v) is 3.98. The molecule has 0 fully saturated rings. The van der Waals surface area contributed by atoms with Crippen LogP contribution in [0.5, 0.6) is 0 Å². The van der Waals surface area contributed by atoms with E-state index in [1.54, 1.807) is 0 Å². The summed E-state index contributed by atoms with van der Waals surface area (Å²) in [6.45, 7) is 4.42. The zero-order chi connectivity index (χ0) is 20.2. The predicted octanol–water partition coefficient (Wildman–Crippen LogP) is 7.60. The zero-order valence-corrected chi connectivity index (χ0v) is 17.4. The Bertz CT molecular complexity index is 1130. The smallest absolute Gasteiger partial charge is 0.0417 e. The van der Waals surface area contributed by atoms with Crippen LogP contribution in [0.15, 0.2) is 91.0 Å². The molecule has 4 rings (SSSR count). The Morgan fingerprint density at radius 1 is 0.621 bits per heavy atom. The molecule has 29 heavy (non-hydrogen) atoms. The lowest BCUT2D eigenvalue weighted by atomic mass is 9.91. The highest BCUT2D eigenvalue weighted by Crippen LogP contribution is 2.35. The van der Waals surface area contributed by atoms with Crippen LogP contribution >= 0.6 is 0 Å². The van der Waals surface area contributed by atoms with E-state index in [2.05, 4.69) is 110 Å². The molecule has 1 heteroatoms. The third-order valence-electron chi connectivity index (χ3n) is 5.63. The summed E-state index contributed by atoms with van der Waals surface area (Å²) in [4.78, 5) is 0. The maximum Gasteiger partial charge on any atom is 0.0417 e. The number of benzene rings is 4. The van der Waals surface area contributed by atoms with Gasteiger partial charge in [-0.15, -0.1) is 0 Å². The molecule has 0 bridgehead atoms. The Labute approximate surface area is 174 Å². The minimum absolute atomic E-state index is 1.04. The maximum atomic E-state index is 3.33. The zero-order valence-electron chi connectivity index (χ0n) is 17.4. The third kappa shape index (κ3) is 3.82. The van der Waals surface area contributed by atoms with E-state index in [9.17, 15) is 0 Å². The number of rotatable bonds is 5. The van der Waals surface area contributed by atoms with Crippen LogP contribution in [0.25, 0.3) is 33.4 Å². The lowest BCUT2D eigenvalue weighted by Crippen LogP contribution is -1.94. The highest BCUT2D eigenvalue weighted by molar-refractivity contribution is 5.84. The number of hydrogen-bond acceptors (Lipinski definition) is 1. The van der Waals surface area contributed by atoms with Crippen LogP contribution in [-0.2, 0) is 6.42 Å². The van der Waals surface area contributed by atoms with Gasteiger partial charge in [-0.2, -0.15) is 0 Å². The molecule has 0 amide bonds. The summed E-state index contributed by atoms with van der Waals surface area (Å²) in [5.74, 6) is 0. The molecular weight excluding hydrogens is 350 g/mol. The van der Waals surface area contributed by atoms with E-state index in [1.165, 1.54) is 44.5 Å². The topological polar surface area (TPSA) is 12.0 Å². The lowest BCUT2D eigenvalue weighted by molar-refractivity contribution is 1.14. The van der Waals surface area contributed by atoms with Crippen LogP contribution in [0, 0.1) is 6.92 Å². The van der Waals surface area contributed by atoms with E-state index in [0.29, 0.717) is 0 Å². The van der Waals surface area contributed by atoms with Crippen molar-refractivity contribution in [2.75, 3.05) is 12.4 Å². The van der Waals surface area contributed by atoms with Gasteiger partial charge in [0.1, 0.15) is 0 Å². The summed E-state index contributed by atoms with van der Waals surface area (Å²) >= 11 is 0. The van der Waals surface area contributed by atoms with Gasteiger partial charge in [0.25, 0.3) is 0 Å². The van der Waals surface area contributed by atoms with E-state index in [4.69, 9.17) is 0 Å². The summed E-state index contributed by atoms with van der Waals surface area (Å²) in [6, 6.07) is 32.8. The second kappa shape index (κ2) is 8.36. The first-order chi connectivity index (χ1) is 14.2. The van der Waals surface area contributed by atoms with Gasteiger partial charge >= 0.3 is 0 Å². The Hall–Kier alpha value is -3.32. The fourth-order valence-electron chi connectivity index (χ4n) is 3.98. The molecule has 0 saturated heterocycles. The standard InChI is InChI=1S/C28H27N/c1-4-21-10-8-9-13-25(21)26-18-23(15-14-20(26)2)24-16-17-28(29-3)27(19-24)22-11-6-5-7-12-22/h5-19,29H,4H2,1-3H3. The van der Waals surface area contributed by atoms with Crippen molar-refractivity contribution >= 4 is 5.69 Å². The second-order valence-electron chi connectivity index (χ2n) is 7.42. The molecule has 0 atom stereocenters. The van der Waals surface area contributed by atoms with Gasteiger partial charge in [0.2, 0.25) is 0 Å². The summed E-state index contributed by atoms with van der Waals surface area (Å²) < 4.78 is 0. The van der Waals surface area contributed by atoms with E-state index in [-0.39, 0.29) is 0 Å². The predicted molar refractivity (Wildman–Crippen MR) is 126 cm³/mol. The van der Waals surface area contributed by atoms with E-state index in [0.717, 1.165) is 12.1 Å². The van der Waals surface area contributed by atoms with Crippen LogP contribution in [0.2, 0.25) is 0 Å². The molecule has 0 heterocycles. The first-order valence-electron chi connectivity index (χ1n) is 10.3. The molecule has 4 aromatic rings. The van der Waals surface area contributed by atoms with Crippen molar-refractivity contribution < 1.29 is 0 Å². The molecule has 144 valence electrons. The molecule has 0 unspecified atom stereocenters. The van der Waals surface area contributed by atoms with Crippen molar-refractivity contribution in [2.24, 2.45) is 0 Å². The number of nitrogens with one attached hydrogen (secondary N) is 1. The van der Waals surface area contributed by atoms with E-state index >= 15 is 0 Å². The summed E-state index contributed by atoms with van der Waals surface area (Å²) in [5, 5.41) is 3.33. The van der Waals surface area contributed by atoms with Gasteiger partial charge in [-0.3, -0.25) is 0 Å². The van der Waals surface area contributed by atoms with Crippen LogP contribution in [0.1, 0.15) is 18.1 Å². The number of aryl methyl sites for hydroxylation is 2. The normalized spacial score (nSPS) is 10.7. The van der Waals surface area contributed by atoms with E-state index in [1.807, 2.05) is 7.05 Å². The molecule has 0 aromatic heterocycles. The van der Waals surface area contributed by atoms with Crippen molar-refractivity contribution in [3.05, 3.63) is 102 Å². The van der Waals surface area contributed by atoms with Crippen LogP contribution < -0.4 is 5.32 Å². The average Bonchev–Trinajstić information content (AvgIpc) is 2.79. The van der Waals surface area contributed by atoms with Gasteiger partial charge in [0.05, 0.1) is 0 Å². The van der Waals surface area contributed by atoms with Crippen molar-refractivity contribution in [3.8, 4) is 33.4 Å². The van der Waals surface area contributed by atoms with E-state index < -0.39 is 0 Å². The van der Waals surface area contributed by atoms with Gasteiger partial charge in [-0.25, -0.2) is 0 Å². The molecule has 0 aliphatic carbocycles. The molecule has 1 nitrogen and oxygen atoms in total. The largest absolute Gasteiger partial charge is 0.388 e. The van der Waals surface area contributed by atoms with Crippen LogP contribution in [0.3, 0.4) is 0 Å². The van der Waals surface area contributed by atoms with Crippen molar-refractivity contribution in [1.82, 2.24) is 0 Å². The summed E-state index contributed by atoms with van der Waals surface area (Å²) in [7, 11) is 1.98. The number of hydrogen-bond donors (Lipinski definition) is 1. The number of anilines is 1. The minimum Gasteiger partial charge on any atom is -0.388 e. The average molecular weight is 378 g/mol. The minimum atomic E-state index is 1.04. The van der Waals surface area contributed by atoms with Crippen LogP contribution in [0.4, 0.5) is 5.69 Å². The first-order valence-corrected chi connectivity index (χ1v) is 10.3. The third-order valence-corrected chi connectivity index (χ3v) is 5.63. The maximum absolute atomic E-state index is 3.33. The van der Waals surface area contributed by atoms with Crippen molar-refractivity contribution in [1.29, 1.82) is 0 Å². The molecule has 0 saturated carbocycles. The first kappa shape index (κ1) is 19.0. The van der Waals surface area contributed by atoms with Gasteiger partial charge in [-0.1, -0.05) is 79.7 Å². The van der Waals surface area contributed by atoms with Crippen LogP contribution in [-0.4, -0.2) is 7.05 Å². The van der Waals surface area contributed by atoms with Crippen molar-refractivity contribution in [3.63, 3.8) is 0 Å². The highest BCUT2D eigenvalue weighted by Gasteiger charge is 2.11. The molecular formula is C28H27N. The second-order valence-corrected chi connectivity index (χ2v) is 7.42. The van der Waals surface area contributed by atoms with Gasteiger partial charge in [0.15, 0.2) is 0 Å². The Morgan fingerprint density at radius 3 is 2.00 bits per heavy atom. The Morgan fingerprint density at radius 2 is 1.28 bits per heavy atom. The molecule has 4 aromatic carbocycles.